The third kappa shape index (κ3) is 1.65. The zero-order valence-corrected chi connectivity index (χ0v) is 9.22. The highest BCUT2D eigenvalue weighted by Gasteiger charge is 2.34. The van der Waals surface area contributed by atoms with E-state index in [-0.39, 0.29) is 0 Å². The molecule has 4 rings (SSSR count). The number of thioether (sulfide) groups is 1. The summed E-state index contributed by atoms with van der Waals surface area (Å²) in [7, 11) is 0. The van der Waals surface area contributed by atoms with Gasteiger partial charge in [0.2, 0.25) is 0 Å². The Morgan fingerprint density at radius 1 is 1.36 bits per heavy atom. The monoisotopic (exact) mass is 211 g/mol. The Bertz CT molecular complexity index is 246. The van der Waals surface area contributed by atoms with Gasteiger partial charge in [-0.2, -0.15) is 0 Å². The minimum absolute atomic E-state index is 0.682. The molecule has 0 spiro atoms. The van der Waals surface area contributed by atoms with Crippen LogP contribution in [0.2, 0.25) is 0 Å². The van der Waals surface area contributed by atoms with Gasteiger partial charge in [0.1, 0.15) is 0 Å². The highest BCUT2D eigenvalue weighted by Crippen LogP contribution is 2.28. The van der Waals surface area contributed by atoms with Crippen LogP contribution in [0, 0.1) is 5.92 Å². The molecule has 78 valence electrons. The Morgan fingerprint density at radius 2 is 2.21 bits per heavy atom. The van der Waals surface area contributed by atoms with Gasteiger partial charge >= 0.3 is 0 Å². The van der Waals surface area contributed by atoms with E-state index in [9.17, 15) is 0 Å². The molecule has 4 heterocycles. The summed E-state index contributed by atoms with van der Waals surface area (Å²) in [4.78, 5) is 7.04. The summed E-state index contributed by atoms with van der Waals surface area (Å²) in [6.07, 6.45) is 2.77. The first-order valence-electron chi connectivity index (χ1n) is 5.58. The first kappa shape index (κ1) is 9.04. The van der Waals surface area contributed by atoms with Gasteiger partial charge in [0, 0.05) is 18.3 Å². The molecule has 1 N–H and O–H groups in total. The van der Waals surface area contributed by atoms with Crippen molar-refractivity contribution < 1.29 is 0 Å². The number of rotatable bonds is 1. The lowest BCUT2D eigenvalue weighted by molar-refractivity contribution is 0.0816. The zero-order valence-electron chi connectivity index (χ0n) is 8.41. The van der Waals surface area contributed by atoms with Crippen LogP contribution >= 0.6 is 11.8 Å². The van der Waals surface area contributed by atoms with E-state index in [2.05, 4.69) is 15.2 Å². The van der Waals surface area contributed by atoms with Gasteiger partial charge in [0.05, 0.1) is 6.54 Å². The molecule has 3 fully saturated rings. The first-order valence-corrected chi connectivity index (χ1v) is 6.56. The number of piperidine rings is 3. The summed E-state index contributed by atoms with van der Waals surface area (Å²) < 4.78 is 0. The molecule has 4 aliphatic rings. The lowest BCUT2D eigenvalue weighted by atomic mass is 9.84. The Balaban J connectivity index is 1.62. The van der Waals surface area contributed by atoms with Crippen LogP contribution in [0.3, 0.4) is 0 Å². The molecule has 14 heavy (non-hydrogen) atoms. The van der Waals surface area contributed by atoms with Crippen LogP contribution in [0.5, 0.6) is 0 Å². The number of aliphatic imine (C=N–C) groups is 1. The van der Waals surface area contributed by atoms with Crippen molar-refractivity contribution in [3.8, 4) is 0 Å². The molecule has 0 saturated carbocycles. The van der Waals surface area contributed by atoms with E-state index in [0.29, 0.717) is 6.04 Å². The van der Waals surface area contributed by atoms with Crippen LogP contribution in [0.25, 0.3) is 0 Å². The maximum absolute atomic E-state index is 4.46. The van der Waals surface area contributed by atoms with Gasteiger partial charge in [-0.3, -0.25) is 4.99 Å². The van der Waals surface area contributed by atoms with Gasteiger partial charge in [0.25, 0.3) is 0 Å². The predicted molar refractivity (Wildman–Crippen MR) is 60.8 cm³/mol. The van der Waals surface area contributed by atoms with E-state index in [1.165, 1.54) is 43.4 Å². The standard InChI is InChI=1S/C10H17N3S/c1-4-13-5-2-8(1)9(7-13)12-10-11-3-6-14-10/h8-9H,1-7H2,(H,11,12). The van der Waals surface area contributed by atoms with Crippen molar-refractivity contribution in [1.29, 1.82) is 0 Å². The smallest absolute Gasteiger partial charge is 0.156 e. The molecule has 1 atom stereocenters. The van der Waals surface area contributed by atoms with Crippen LogP contribution in [0.4, 0.5) is 0 Å². The second-order valence-corrected chi connectivity index (χ2v) is 5.51. The fraction of sp³-hybridized carbons (Fsp3) is 0.900. The van der Waals surface area contributed by atoms with Crippen molar-refractivity contribution in [3.63, 3.8) is 0 Å². The van der Waals surface area contributed by atoms with Gasteiger partial charge in [-0.25, -0.2) is 0 Å². The highest BCUT2D eigenvalue weighted by molar-refractivity contribution is 8.14. The minimum atomic E-state index is 0.682. The SMILES string of the molecule is C1CSC(NC2CN3CCC2CC3)=N1. The van der Waals surface area contributed by atoms with Crippen LogP contribution in [0.1, 0.15) is 12.8 Å². The molecule has 1 unspecified atom stereocenters. The summed E-state index contributed by atoms with van der Waals surface area (Å²) >= 11 is 1.88. The number of hydrogen-bond acceptors (Lipinski definition) is 4. The van der Waals surface area contributed by atoms with E-state index >= 15 is 0 Å². The van der Waals surface area contributed by atoms with Crippen molar-refractivity contribution in [2.75, 3.05) is 31.9 Å². The number of fused-ring (bicyclic) bond motifs is 3. The van der Waals surface area contributed by atoms with Gasteiger partial charge in [-0.1, -0.05) is 11.8 Å². The van der Waals surface area contributed by atoms with Gasteiger partial charge < -0.3 is 10.2 Å². The lowest BCUT2D eigenvalue weighted by Crippen LogP contribution is -2.56. The van der Waals surface area contributed by atoms with Crippen LogP contribution in [-0.4, -0.2) is 48.0 Å². The van der Waals surface area contributed by atoms with Crippen molar-refractivity contribution in [2.45, 2.75) is 18.9 Å². The molecule has 0 aromatic heterocycles. The molecular weight excluding hydrogens is 194 g/mol. The molecule has 2 bridgehead atoms. The number of hydrogen-bond donors (Lipinski definition) is 1. The largest absolute Gasteiger partial charge is 0.361 e. The van der Waals surface area contributed by atoms with E-state index in [1.807, 2.05) is 11.8 Å². The maximum atomic E-state index is 4.46. The molecule has 4 heteroatoms. The molecule has 0 aliphatic carbocycles. The molecule has 0 amide bonds. The topological polar surface area (TPSA) is 27.6 Å². The van der Waals surface area contributed by atoms with E-state index in [1.54, 1.807) is 0 Å². The van der Waals surface area contributed by atoms with Crippen molar-refractivity contribution >= 4 is 16.9 Å². The Labute approximate surface area is 89.3 Å². The van der Waals surface area contributed by atoms with E-state index < -0.39 is 0 Å². The molecule has 4 aliphatic heterocycles. The fourth-order valence-electron chi connectivity index (χ4n) is 2.71. The number of nitrogens with one attached hydrogen (secondary N) is 1. The third-order valence-corrected chi connectivity index (χ3v) is 4.46. The second-order valence-electron chi connectivity index (χ2n) is 4.42. The Kier molecular flexibility index (Phi) is 2.41. The summed E-state index contributed by atoms with van der Waals surface area (Å²) in [5.74, 6) is 2.08. The summed E-state index contributed by atoms with van der Waals surface area (Å²) in [5.41, 5.74) is 0. The number of amidine groups is 1. The molecular formula is C10H17N3S. The van der Waals surface area contributed by atoms with Crippen LogP contribution < -0.4 is 5.32 Å². The van der Waals surface area contributed by atoms with Gasteiger partial charge in [-0.15, -0.1) is 0 Å². The minimum Gasteiger partial charge on any atom is -0.361 e. The van der Waals surface area contributed by atoms with Gasteiger partial charge in [-0.05, 0) is 31.8 Å². The Morgan fingerprint density at radius 3 is 2.79 bits per heavy atom. The normalized spacial score (nSPS) is 41.1. The van der Waals surface area contributed by atoms with Gasteiger partial charge in [0.15, 0.2) is 5.17 Å². The van der Waals surface area contributed by atoms with Crippen molar-refractivity contribution in [3.05, 3.63) is 0 Å². The average Bonchev–Trinajstić information content (AvgIpc) is 2.72. The quantitative estimate of drug-likeness (QED) is 0.694. The Hall–Kier alpha value is -0.220. The molecule has 0 aromatic rings. The zero-order chi connectivity index (χ0) is 9.38. The molecule has 3 nitrogen and oxygen atoms in total. The maximum Gasteiger partial charge on any atom is 0.156 e. The van der Waals surface area contributed by atoms with Crippen LogP contribution in [0.15, 0.2) is 4.99 Å². The molecule has 0 aromatic carbocycles. The summed E-state index contributed by atoms with van der Waals surface area (Å²) in [6.45, 7) is 4.89. The second kappa shape index (κ2) is 3.74. The molecule has 0 radical (unpaired) electrons. The fourth-order valence-corrected chi connectivity index (χ4v) is 3.50. The lowest BCUT2D eigenvalue weighted by Gasteiger charge is -2.45. The average molecular weight is 211 g/mol. The summed E-state index contributed by atoms with van der Waals surface area (Å²) in [6, 6.07) is 0.682. The van der Waals surface area contributed by atoms with Crippen molar-refractivity contribution in [2.24, 2.45) is 10.9 Å². The van der Waals surface area contributed by atoms with Crippen LogP contribution in [-0.2, 0) is 0 Å². The molecule has 3 saturated heterocycles. The van der Waals surface area contributed by atoms with Crippen molar-refractivity contribution in [1.82, 2.24) is 10.2 Å². The van der Waals surface area contributed by atoms with E-state index in [4.69, 9.17) is 0 Å². The third-order valence-electron chi connectivity index (χ3n) is 3.55. The number of nitrogens with zero attached hydrogens (tertiary/aromatic N) is 2. The van der Waals surface area contributed by atoms with E-state index in [0.717, 1.165) is 12.5 Å². The first-order chi connectivity index (χ1) is 6.92. The summed E-state index contributed by atoms with van der Waals surface area (Å²) in [5, 5.41) is 4.82. The predicted octanol–water partition coefficient (Wildman–Crippen LogP) is 0.773. The highest BCUT2D eigenvalue weighted by atomic mass is 32.2.